The molecule has 56 valence electrons. The molecule has 0 spiro atoms. The minimum absolute atomic E-state index is 0.489. The number of esters is 1. The van der Waals surface area contributed by atoms with Crippen molar-refractivity contribution in [1.29, 1.82) is 0 Å². The van der Waals surface area contributed by atoms with Crippen LogP contribution in [0.15, 0.2) is 0 Å². The molecule has 10 heavy (non-hydrogen) atoms. The maximum Gasteiger partial charge on any atom is 0.384 e. The summed E-state index contributed by atoms with van der Waals surface area (Å²) in [5.41, 5.74) is 5.19. The molecule has 0 saturated heterocycles. The highest BCUT2D eigenvalue weighted by molar-refractivity contribution is 5.88. The SMILES string of the molecule is COC(=O)C#CCCCN. The first kappa shape index (κ1) is 8.99. The molecule has 0 fully saturated rings. The summed E-state index contributed by atoms with van der Waals surface area (Å²) in [7, 11) is 1.31. The Morgan fingerprint density at radius 1 is 1.70 bits per heavy atom. The van der Waals surface area contributed by atoms with Gasteiger partial charge in [0.1, 0.15) is 0 Å². The Hall–Kier alpha value is -1.01. The number of carbonyl (C=O) groups is 1. The maximum atomic E-state index is 10.3. The van der Waals surface area contributed by atoms with Crippen molar-refractivity contribution >= 4 is 5.97 Å². The molecular weight excluding hydrogens is 130 g/mol. The Labute approximate surface area is 60.5 Å². The van der Waals surface area contributed by atoms with E-state index >= 15 is 0 Å². The number of nitrogens with two attached hydrogens (primary N) is 1. The highest BCUT2D eigenvalue weighted by Crippen LogP contribution is 1.80. The molecule has 0 aliphatic heterocycles. The van der Waals surface area contributed by atoms with Crippen LogP contribution in [0.2, 0.25) is 0 Å². The molecule has 0 saturated carbocycles. The summed E-state index contributed by atoms with van der Waals surface area (Å²) in [6.07, 6.45) is 1.48. The summed E-state index contributed by atoms with van der Waals surface area (Å²) in [6.45, 7) is 0.607. The summed E-state index contributed by atoms with van der Waals surface area (Å²) < 4.78 is 4.29. The number of rotatable bonds is 2. The topological polar surface area (TPSA) is 52.3 Å². The Morgan fingerprint density at radius 2 is 2.40 bits per heavy atom. The molecule has 0 bridgehead atoms. The van der Waals surface area contributed by atoms with Gasteiger partial charge in [-0.15, -0.1) is 0 Å². The number of carbonyl (C=O) groups excluding carboxylic acids is 1. The fraction of sp³-hybridized carbons (Fsp3) is 0.571. The van der Waals surface area contributed by atoms with E-state index in [9.17, 15) is 4.79 Å². The molecule has 0 aliphatic carbocycles. The molecule has 0 atom stereocenters. The van der Waals surface area contributed by atoms with Crippen molar-refractivity contribution in [3.05, 3.63) is 0 Å². The van der Waals surface area contributed by atoms with Gasteiger partial charge in [-0.25, -0.2) is 4.79 Å². The molecule has 0 rings (SSSR count). The van der Waals surface area contributed by atoms with E-state index in [2.05, 4.69) is 16.6 Å². The van der Waals surface area contributed by atoms with Crippen molar-refractivity contribution in [1.82, 2.24) is 0 Å². The summed E-state index contributed by atoms with van der Waals surface area (Å²) in [4.78, 5) is 10.3. The second-order valence-electron chi connectivity index (χ2n) is 1.69. The van der Waals surface area contributed by atoms with Crippen LogP contribution >= 0.6 is 0 Å². The van der Waals surface area contributed by atoms with E-state index in [-0.39, 0.29) is 0 Å². The average molecular weight is 141 g/mol. The highest BCUT2D eigenvalue weighted by Gasteiger charge is 1.87. The summed E-state index contributed by atoms with van der Waals surface area (Å²) >= 11 is 0. The summed E-state index contributed by atoms with van der Waals surface area (Å²) in [5, 5.41) is 0. The first-order valence-electron chi connectivity index (χ1n) is 3.08. The molecule has 0 aliphatic rings. The lowest BCUT2D eigenvalue weighted by atomic mass is 10.3. The third-order valence-corrected chi connectivity index (χ3v) is 0.882. The predicted molar refractivity (Wildman–Crippen MR) is 38.1 cm³/mol. The third kappa shape index (κ3) is 5.13. The first-order chi connectivity index (χ1) is 4.81. The molecule has 0 heterocycles. The third-order valence-electron chi connectivity index (χ3n) is 0.882. The van der Waals surface area contributed by atoms with Crippen LogP contribution in [-0.2, 0) is 9.53 Å². The Kier molecular flexibility index (Phi) is 5.50. The van der Waals surface area contributed by atoms with Crippen molar-refractivity contribution < 1.29 is 9.53 Å². The Morgan fingerprint density at radius 3 is 2.90 bits per heavy atom. The van der Waals surface area contributed by atoms with Gasteiger partial charge < -0.3 is 10.5 Å². The van der Waals surface area contributed by atoms with E-state index in [0.29, 0.717) is 13.0 Å². The Bertz CT molecular complexity index is 155. The van der Waals surface area contributed by atoms with E-state index in [0.717, 1.165) is 6.42 Å². The van der Waals surface area contributed by atoms with Gasteiger partial charge in [-0.2, -0.15) is 0 Å². The van der Waals surface area contributed by atoms with E-state index in [1.165, 1.54) is 7.11 Å². The zero-order valence-electron chi connectivity index (χ0n) is 6.02. The number of methoxy groups -OCH3 is 1. The smallest absolute Gasteiger partial charge is 0.384 e. The summed E-state index contributed by atoms with van der Waals surface area (Å²) in [6, 6.07) is 0. The second-order valence-corrected chi connectivity index (χ2v) is 1.69. The number of hydrogen-bond donors (Lipinski definition) is 1. The van der Waals surface area contributed by atoms with Gasteiger partial charge in [0.2, 0.25) is 0 Å². The quantitative estimate of drug-likeness (QED) is 0.253. The van der Waals surface area contributed by atoms with E-state index in [4.69, 9.17) is 5.73 Å². The van der Waals surface area contributed by atoms with Gasteiger partial charge >= 0.3 is 5.97 Å². The van der Waals surface area contributed by atoms with Crippen LogP contribution in [0.5, 0.6) is 0 Å². The molecule has 2 N–H and O–H groups in total. The van der Waals surface area contributed by atoms with Crippen molar-refractivity contribution in [2.45, 2.75) is 12.8 Å². The van der Waals surface area contributed by atoms with Crippen molar-refractivity contribution in [2.75, 3.05) is 13.7 Å². The lowest BCUT2D eigenvalue weighted by Crippen LogP contribution is -1.97. The van der Waals surface area contributed by atoms with Crippen LogP contribution in [0.1, 0.15) is 12.8 Å². The van der Waals surface area contributed by atoms with Gasteiger partial charge in [0.05, 0.1) is 7.11 Å². The number of hydrogen-bond acceptors (Lipinski definition) is 3. The molecular formula is C7H11NO2. The van der Waals surface area contributed by atoms with E-state index < -0.39 is 5.97 Å². The fourth-order valence-electron chi connectivity index (χ4n) is 0.376. The molecule has 0 amide bonds. The van der Waals surface area contributed by atoms with Gasteiger partial charge in [-0.1, -0.05) is 5.92 Å². The molecule has 0 aromatic carbocycles. The first-order valence-corrected chi connectivity index (χ1v) is 3.08. The largest absolute Gasteiger partial charge is 0.459 e. The van der Waals surface area contributed by atoms with Crippen LogP contribution in [0.3, 0.4) is 0 Å². The van der Waals surface area contributed by atoms with Crippen LogP contribution in [0, 0.1) is 11.8 Å². The van der Waals surface area contributed by atoms with Gasteiger partial charge in [-0.3, -0.25) is 0 Å². The lowest BCUT2D eigenvalue weighted by molar-refractivity contribution is -0.133. The minimum Gasteiger partial charge on any atom is -0.459 e. The van der Waals surface area contributed by atoms with E-state index in [1.807, 2.05) is 0 Å². The monoisotopic (exact) mass is 141 g/mol. The fourth-order valence-corrected chi connectivity index (χ4v) is 0.376. The van der Waals surface area contributed by atoms with E-state index in [1.54, 1.807) is 0 Å². The van der Waals surface area contributed by atoms with Crippen LogP contribution in [0.4, 0.5) is 0 Å². The average Bonchev–Trinajstić information content (AvgIpc) is 1.98. The van der Waals surface area contributed by atoms with Gasteiger partial charge in [0.15, 0.2) is 0 Å². The van der Waals surface area contributed by atoms with Crippen LogP contribution in [-0.4, -0.2) is 19.6 Å². The summed E-state index contributed by atoms with van der Waals surface area (Å²) in [5.74, 6) is 4.44. The van der Waals surface area contributed by atoms with Gasteiger partial charge in [-0.05, 0) is 13.0 Å². The molecule has 0 unspecified atom stereocenters. The highest BCUT2D eigenvalue weighted by atomic mass is 16.5. The van der Waals surface area contributed by atoms with Crippen LogP contribution in [0.25, 0.3) is 0 Å². The maximum absolute atomic E-state index is 10.3. The van der Waals surface area contributed by atoms with Crippen molar-refractivity contribution in [3.8, 4) is 11.8 Å². The molecule has 3 heteroatoms. The standard InChI is InChI=1S/C7H11NO2/c1-10-7(9)5-3-2-4-6-8/h2,4,6,8H2,1H3. The lowest BCUT2D eigenvalue weighted by Gasteiger charge is -1.85. The number of unbranched alkanes of at least 4 members (excludes halogenated alkanes) is 1. The zero-order chi connectivity index (χ0) is 7.82. The molecule has 0 radical (unpaired) electrons. The van der Waals surface area contributed by atoms with Crippen molar-refractivity contribution in [2.24, 2.45) is 5.73 Å². The minimum atomic E-state index is -0.489. The van der Waals surface area contributed by atoms with Gasteiger partial charge in [0.25, 0.3) is 0 Å². The van der Waals surface area contributed by atoms with Crippen molar-refractivity contribution in [3.63, 3.8) is 0 Å². The Balaban J connectivity index is 3.39. The normalized spacial score (nSPS) is 7.80. The molecule has 0 aromatic heterocycles. The van der Waals surface area contributed by atoms with Crippen LogP contribution < -0.4 is 5.73 Å². The van der Waals surface area contributed by atoms with Gasteiger partial charge in [0, 0.05) is 12.3 Å². The zero-order valence-corrected chi connectivity index (χ0v) is 6.02. The molecule has 0 aromatic rings. The molecule has 3 nitrogen and oxygen atoms in total. The number of ether oxygens (including phenoxy) is 1. The second kappa shape index (κ2) is 6.12. The predicted octanol–water partition coefficient (Wildman–Crippen LogP) is -0.0983.